The van der Waals surface area contributed by atoms with Crippen molar-refractivity contribution in [1.29, 1.82) is 0 Å². The Bertz CT molecular complexity index is 397. The Hall–Kier alpha value is -0.690. The Balaban J connectivity index is 0. The number of unbranched alkanes of at least 4 members (excludes halogenated alkanes) is 18. The summed E-state index contributed by atoms with van der Waals surface area (Å²) in [6, 6.07) is 0. The number of hydrogen-bond acceptors (Lipinski definition) is 5. The summed E-state index contributed by atoms with van der Waals surface area (Å²) in [7, 11) is 0. The molecule has 0 aliphatic rings. The maximum atomic E-state index is 10.4. The fourth-order valence-electron chi connectivity index (χ4n) is 4.29. The molecule has 0 aromatic rings. The first-order chi connectivity index (χ1) is 16.2. The molecule has 3 unspecified atom stereocenters. The van der Waals surface area contributed by atoms with Crippen molar-refractivity contribution in [3.8, 4) is 0 Å². The fraction of sp³-hybridized carbons (Fsp3) is 0.964. The number of nitrogens with zero attached hydrogens (tertiary/aromatic N) is 1. The van der Waals surface area contributed by atoms with Crippen LogP contribution < -0.4 is 0 Å². The number of aliphatic hydroxyl groups excluding tert-OH is 3. The Morgan fingerprint density at radius 2 is 0.765 bits per heavy atom. The molecule has 0 saturated carbocycles. The molecule has 0 radical (unpaired) electrons. The first-order valence-corrected chi connectivity index (χ1v) is 14.3. The van der Waals surface area contributed by atoms with E-state index in [2.05, 4.69) is 6.92 Å². The van der Waals surface area contributed by atoms with Gasteiger partial charge in [0.2, 0.25) is 0 Å². The molecule has 34 heavy (non-hydrogen) atoms. The SMILES string of the molecule is CC(O)N(C(C)O)C(C)O.CCCCCCCCCCCCCCCCCCCCCC(=O)O. The zero-order valence-electron chi connectivity index (χ0n) is 23.0. The minimum atomic E-state index is -0.833. The molecule has 0 spiro atoms. The predicted molar refractivity (Wildman–Crippen MR) is 143 cm³/mol. The molecule has 0 bridgehead atoms. The molecule has 0 aromatic carbocycles. The molecule has 0 aliphatic heterocycles. The molecular formula is C28H59NO5. The fourth-order valence-corrected chi connectivity index (χ4v) is 4.29. The van der Waals surface area contributed by atoms with Crippen molar-refractivity contribution in [3.05, 3.63) is 0 Å². The summed E-state index contributed by atoms with van der Waals surface area (Å²) in [5.74, 6) is -0.651. The topological polar surface area (TPSA) is 101 Å². The molecule has 0 rings (SSSR count). The van der Waals surface area contributed by atoms with Crippen molar-refractivity contribution in [2.75, 3.05) is 0 Å². The van der Waals surface area contributed by atoms with E-state index in [9.17, 15) is 4.79 Å². The highest BCUT2D eigenvalue weighted by Crippen LogP contribution is 2.14. The minimum absolute atomic E-state index is 0.346. The van der Waals surface area contributed by atoms with Crippen molar-refractivity contribution in [2.45, 2.75) is 175 Å². The van der Waals surface area contributed by atoms with Gasteiger partial charge in [0.1, 0.15) is 18.7 Å². The third kappa shape index (κ3) is 27.6. The van der Waals surface area contributed by atoms with E-state index in [1.165, 1.54) is 135 Å². The van der Waals surface area contributed by atoms with Gasteiger partial charge in [-0.05, 0) is 27.2 Å². The van der Waals surface area contributed by atoms with Crippen LogP contribution in [0.2, 0.25) is 0 Å². The molecule has 0 amide bonds. The van der Waals surface area contributed by atoms with Crippen LogP contribution in [0.5, 0.6) is 0 Å². The van der Waals surface area contributed by atoms with Crippen molar-refractivity contribution in [3.63, 3.8) is 0 Å². The van der Waals surface area contributed by atoms with Gasteiger partial charge in [0.05, 0.1) is 0 Å². The lowest BCUT2D eigenvalue weighted by Gasteiger charge is -2.30. The third-order valence-electron chi connectivity index (χ3n) is 6.29. The Morgan fingerprint density at radius 3 is 0.941 bits per heavy atom. The van der Waals surface area contributed by atoms with E-state index in [0.717, 1.165) is 12.8 Å². The van der Waals surface area contributed by atoms with Gasteiger partial charge in [-0.25, -0.2) is 4.90 Å². The van der Waals surface area contributed by atoms with Crippen LogP contribution in [0.3, 0.4) is 0 Å². The summed E-state index contributed by atoms with van der Waals surface area (Å²) >= 11 is 0. The van der Waals surface area contributed by atoms with E-state index in [0.29, 0.717) is 6.42 Å². The largest absolute Gasteiger partial charge is 0.481 e. The maximum Gasteiger partial charge on any atom is 0.303 e. The van der Waals surface area contributed by atoms with Crippen LogP contribution in [-0.2, 0) is 4.79 Å². The second-order valence-corrected chi connectivity index (χ2v) is 9.85. The average molecular weight is 490 g/mol. The Kier molecular flexibility index (Phi) is 28.1. The second kappa shape index (κ2) is 26.9. The number of carboxylic acids is 1. The molecule has 0 fully saturated rings. The normalized spacial score (nSPS) is 13.9. The molecule has 0 aromatic heterocycles. The van der Waals surface area contributed by atoms with E-state index < -0.39 is 24.7 Å². The first-order valence-electron chi connectivity index (χ1n) is 14.3. The van der Waals surface area contributed by atoms with Gasteiger partial charge in [0, 0.05) is 6.42 Å². The Morgan fingerprint density at radius 1 is 0.529 bits per heavy atom. The van der Waals surface area contributed by atoms with Crippen molar-refractivity contribution in [2.24, 2.45) is 0 Å². The number of hydrogen-bond donors (Lipinski definition) is 4. The summed E-state index contributed by atoms with van der Waals surface area (Å²) in [6.45, 7) is 6.74. The molecule has 4 N–H and O–H groups in total. The standard InChI is InChI=1S/C22H44O2.C6H15NO3/c1-2-3-4-5-6-7-8-9-10-11-12-13-14-15-16-17-18-19-20-21-22(23)24;1-4(8)7(5(2)9)6(3)10/h2-21H2,1H3,(H,23,24);4-6,8-10H,1-3H3. The number of rotatable bonds is 23. The number of aliphatic hydroxyl groups is 3. The van der Waals surface area contributed by atoms with E-state index in [1.54, 1.807) is 0 Å². The van der Waals surface area contributed by atoms with E-state index in [4.69, 9.17) is 20.4 Å². The second-order valence-electron chi connectivity index (χ2n) is 9.85. The molecule has 3 atom stereocenters. The van der Waals surface area contributed by atoms with Gasteiger partial charge >= 0.3 is 5.97 Å². The molecule has 206 valence electrons. The van der Waals surface area contributed by atoms with Crippen molar-refractivity contribution in [1.82, 2.24) is 4.90 Å². The number of carboxylic acid groups (broad SMARTS) is 1. The smallest absolute Gasteiger partial charge is 0.303 e. The van der Waals surface area contributed by atoms with Crippen LogP contribution >= 0.6 is 0 Å². The summed E-state index contributed by atoms with van der Waals surface area (Å²) in [4.78, 5) is 11.5. The molecule has 6 nitrogen and oxygen atoms in total. The zero-order chi connectivity index (χ0) is 26.0. The monoisotopic (exact) mass is 489 g/mol. The van der Waals surface area contributed by atoms with Crippen LogP contribution in [0.25, 0.3) is 0 Å². The lowest BCUT2D eigenvalue weighted by Crippen LogP contribution is -2.45. The highest BCUT2D eigenvalue weighted by atomic mass is 16.4. The molecule has 6 heteroatoms. The maximum absolute atomic E-state index is 10.4. The molecule has 0 saturated heterocycles. The van der Waals surface area contributed by atoms with Crippen molar-refractivity contribution < 1.29 is 25.2 Å². The van der Waals surface area contributed by atoms with Crippen molar-refractivity contribution >= 4 is 5.97 Å². The Labute approximate surface area is 211 Å². The van der Waals surface area contributed by atoms with Gasteiger partial charge in [-0.1, -0.05) is 122 Å². The van der Waals surface area contributed by atoms with E-state index in [1.807, 2.05) is 0 Å². The zero-order valence-corrected chi connectivity index (χ0v) is 23.0. The highest BCUT2D eigenvalue weighted by molar-refractivity contribution is 5.66. The minimum Gasteiger partial charge on any atom is -0.481 e. The molecule has 0 heterocycles. The average Bonchev–Trinajstić information content (AvgIpc) is 2.74. The van der Waals surface area contributed by atoms with E-state index in [-0.39, 0.29) is 0 Å². The summed E-state index contributed by atoms with van der Waals surface area (Å²) in [6.07, 6.45) is 23.6. The van der Waals surface area contributed by atoms with Crippen LogP contribution in [-0.4, -0.2) is 50.0 Å². The number of aliphatic carboxylic acids is 1. The quantitative estimate of drug-likeness (QED) is 0.0894. The summed E-state index contributed by atoms with van der Waals surface area (Å²) < 4.78 is 0. The highest BCUT2D eigenvalue weighted by Gasteiger charge is 2.20. The van der Waals surface area contributed by atoms with Crippen LogP contribution in [0.1, 0.15) is 156 Å². The van der Waals surface area contributed by atoms with Gasteiger partial charge in [-0.3, -0.25) is 4.79 Å². The van der Waals surface area contributed by atoms with Gasteiger partial charge in [0.15, 0.2) is 0 Å². The lowest BCUT2D eigenvalue weighted by atomic mass is 10.0. The summed E-state index contributed by atoms with van der Waals surface area (Å²) in [5, 5.41) is 35.4. The van der Waals surface area contributed by atoms with Crippen LogP contribution in [0.4, 0.5) is 0 Å². The van der Waals surface area contributed by atoms with Gasteiger partial charge in [-0.2, -0.15) is 0 Å². The molecular weight excluding hydrogens is 430 g/mol. The van der Waals surface area contributed by atoms with Crippen LogP contribution in [0, 0.1) is 0 Å². The molecule has 0 aliphatic carbocycles. The van der Waals surface area contributed by atoms with Gasteiger partial charge < -0.3 is 20.4 Å². The lowest BCUT2D eigenvalue weighted by molar-refractivity contribution is -0.159. The van der Waals surface area contributed by atoms with Gasteiger partial charge in [0.25, 0.3) is 0 Å². The first kappa shape index (κ1) is 35.5. The van der Waals surface area contributed by atoms with Crippen LogP contribution in [0.15, 0.2) is 0 Å². The third-order valence-corrected chi connectivity index (χ3v) is 6.29. The van der Waals surface area contributed by atoms with E-state index >= 15 is 0 Å². The predicted octanol–water partition coefficient (Wildman–Crippen LogP) is 7.20. The summed E-state index contributed by atoms with van der Waals surface area (Å²) in [5.41, 5.74) is 0. The van der Waals surface area contributed by atoms with Gasteiger partial charge in [-0.15, -0.1) is 0 Å². The number of carbonyl (C=O) groups is 1.